The maximum absolute atomic E-state index is 13.2. The van der Waals surface area contributed by atoms with Crippen molar-refractivity contribution in [2.24, 2.45) is 0 Å². The zero-order valence-electron chi connectivity index (χ0n) is 15.1. The molecule has 0 unspecified atom stereocenters. The van der Waals surface area contributed by atoms with Crippen LogP contribution in [0.4, 0.5) is 0 Å². The Labute approximate surface area is 161 Å². The molecule has 7 heteroatoms. The molecule has 6 nitrogen and oxygen atoms in total. The molecule has 1 aliphatic carbocycles. The number of allylic oxidation sites excluding steroid dienone is 3. The Morgan fingerprint density at radius 1 is 1.15 bits per heavy atom. The SMILES string of the molecule is CCOC(=O)C1=C(C(=O)c2ccc3c(c2)OCCO3)SC2=C(CCCC2)N1. The number of hydrogen-bond donors (Lipinski definition) is 1. The Kier molecular flexibility index (Phi) is 5.11. The molecule has 1 N–H and O–H groups in total. The fourth-order valence-electron chi connectivity index (χ4n) is 3.33. The molecule has 4 rings (SSSR count). The first-order valence-electron chi connectivity index (χ1n) is 9.20. The number of fused-ring (bicyclic) bond motifs is 1. The van der Waals surface area contributed by atoms with Gasteiger partial charge in [-0.15, -0.1) is 0 Å². The Morgan fingerprint density at radius 2 is 1.93 bits per heavy atom. The van der Waals surface area contributed by atoms with Gasteiger partial charge in [0.25, 0.3) is 0 Å². The van der Waals surface area contributed by atoms with Crippen LogP contribution in [-0.2, 0) is 9.53 Å². The van der Waals surface area contributed by atoms with E-state index in [1.54, 1.807) is 25.1 Å². The van der Waals surface area contributed by atoms with Crippen molar-refractivity contribution >= 4 is 23.5 Å². The van der Waals surface area contributed by atoms with Crippen molar-refractivity contribution < 1.29 is 23.8 Å². The largest absolute Gasteiger partial charge is 0.486 e. The second kappa shape index (κ2) is 7.68. The lowest BCUT2D eigenvalue weighted by Gasteiger charge is -2.28. The molecule has 2 aliphatic heterocycles. The molecule has 1 aromatic rings. The normalized spacial score (nSPS) is 18.6. The first-order chi connectivity index (χ1) is 13.2. The molecule has 0 saturated heterocycles. The summed E-state index contributed by atoms with van der Waals surface area (Å²) in [6.07, 6.45) is 3.97. The van der Waals surface area contributed by atoms with E-state index < -0.39 is 5.97 Å². The quantitative estimate of drug-likeness (QED) is 0.626. The van der Waals surface area contributed by atoms with E-state index in [0.717, 1.165) is 36.3 Å². The fraction of sp³-hybridized carbons (Fsp3) is 0.400. The van der Waals surface area contributed by atoms with E-state index in [1.807, 2.05) is 0 Å². The van der Waals surface area contributed by atoms with E-state index in [9.17, 15) is 9.59 Å². The van der Waals surface area contributed by atoms with Gasteiger partial charge in [0.15, 0.2) is 11.5 Å². The maximum atomic E-state index is 13.2. The molecule has 0 aromatic heterocycles. The average Bonchev–Trinajstić information content (AvgIpc) is 2.72. The van der Waals surface area contributed by atoms with Crippen LogP contribution >= 0.6 is 11.8 Å². The van der Waals surface area contributed by atoms with Crippen LogP contribution in [0.5, 0.6) is 11.5 Å². The number of Topliss-reactive ketones (excluding diaryl/α,β-unsaturated/α-hetero) is 1. The summed E-state index contributed by atoms with van der Waals surface area (Å²) >= 11 is 1.39. The van der Waals surface area contributed by atoms with Crippen LogP contribution in [0.2, 0.25) is 0 Å². The monoisotopic (exact) mass is 387 g/mol. The maximum Gasteiger partial charge on any atom is 0.356 e. The van der Waals surface area contributed by atoms with Gasteiger partial charge < -0.3 is 19.5 Å². The van der Waals surface area contributed by atoms with Crippen LogP contribution in [0.3, 0.4) is 0 Å². The van der Waals surface area contributed by atoms with Gasteiger partial charge in [0.1, 0.15) is 18.9 Å². The van der Waals surface area contributed by atoms with Gasteiger partial charge in [-0.2, -0.15) is 0 Å². The number of ketones is 1. The van der Waals surface area contributed by atoms with Gasteiger partial charge in [0.05, 0.1) is 11.5 Å². The molecule has 3 aliphatic rings. The number of benzene rings is 1. The molecule has 0 amide bonds. The van der Waals surface area contributed by atoms with Gasteiger partial charge in [-0.1, -0.05) is 11.8 Å². The minimum atomic E-state index is -0.497. The summed E-state index contributed by atoms with van der Waals surface area (Å²) in [4.78, 5) is 27.2. The van der Waals surface area contributed by atoms with Crippen molar-refractivity contribution in [2.45, 2.75) is 32.6 Å². The molecule has 0 atom stereocenters. The molecule has 27 heavy (non-hydrogen) atoms. The summed E-state index contributed by atoms with van der Waals surface area (Å²) < 4.78 is 16.3. The molecular weight excluding hydrogens is 366 g/mol. The highest BCUT2D eigenvalue weighted by atomic mass is 32.2. The molecule has 0 bridgehead atoms. The summed E-state index contributed by atoms with van der Waals surface area (Å²) in [7, 11) is 0. The number of carbonyl (C=O) groups excluding carboxylic acids is 2. The minimum Gasteiger partial charge on any atom is -0.486 e. The van der Waals surface area contributed by atoms with E-state index in [2.05, 4.69) is 5.32 Å². The van der Waals surface area contributed by atoms with Crippen LogP contribution in [0.25, 0.3) is 0 Å². The highest BCUT2D eigenvalue weighted by Gasteiger charge is 2.32. The van der Waals surface area contributed by atoms with Gasteiger partial charge in [-0.05, 0) is 50.8 Å². The molecule has 0 fully saturated rings. The molecule has 142 valence electrons. The van der Waals surface area contributed by atoms with Crippen molar-refractivity contribution in [2.75, 3.05) is 19.8 Å². The summed E-state index contributed by atoms with van der Waals surface area (Å²) in [5.74, 6) is 0.466. The van der Waals surface area contributed by atoms with E-state index >= 15 is 0 Å². The van der Waals surface area contributed by atoms with E-state index in [1.165, 1.54) is 11.8 Å². The van der Waals surface area contributed by atoms with Gasteiger partial charge in [-0.25, -0.2) is 4.79 Å². The summed E-state index contributed by atoms with van der Waals surface area (Å²) in [6, 6.07) is 5.12. The minimum absolute atomic E-state index is 0.218. The average molecular weight is 387 g/mol. The number of carbonyl (C=O) groups is 2. The zero-order valence-corrected chi connectivity index (χ0v) is 15.9. The summed E-state index contributed by atoms with van der Waals surface area (Å²) in [5.41, 5.74) is 1.74. The van der Waals surface area contributed by atoms with Crippen molar-refractivity contribution in [3.05, 3.63) is 45.0 Å². The molecule has 0 saturated carbocycles. The predicted molar refractivity (Wildman–Crippen MR) is 102 cm³/mol. The smallest absolute Gasteiger partial charge is 0.356 e. The fourth-order valence-corrected chi connectivity index (χ4v) is 4.54. The Balaban J connectivity index is 1.69. The summed E-state index contributed by atoms with van der Waals surface area (Å²) in [5, 5.41) is 3.19. The van der Waals surface area contributed by atoms with Crippen molar-refractivity contribution in [1.82, 2.24) is 5.32 Å². The lowest BCUT2D eigenvalue weighted by atomic mass is 10.0. The summed E-state index contributed by atoms with van der Waals surface area (Å²) in [6.45, 7) is 2.96. The standard InChI is InChI=1S/C20H21NO5S/c1-2-24-20(23)17-19(27-16-6-4-3-5-13(16)21-17)18(22)12-7-8-14-15(11-12)26-10-9-25-14/h7-8,11,21H,2-6,9-10H2,1H3. The van der Waals surface area contributed by atoms with Crippen LogP contribution in [0, 0.1) is 0 Å². The molecule has 0 radical (unpaired) electrons. The second-order valence-corrected chi connectivity index (χ2v) is 7.55. The molecule has 2 heterocycles. The van der Waals surface area contributed by atoms with E-state index in [4.69, 9.17) is 14.2 Å². The van der Waals surface area contributed by atoms with Crippen molar-refractivity contribution in [1.29, 1.82) is 0 Å². The van der Waals surface area contributed by atoms with Gasteiger partial charge in [0, 0.05) is 16.2 Å². The number of hydrogen-bond acceptors (Lipinski definition) is 7. The van der Waals surface area contributed by atoms with Gasteiger partial charge >= 0.3 is 5.97 Å². The lowest BCUT2D eigenvalue weighted by Crippen LogP contribution is -2.30. The molecule has 0 spiro atoms. The van der Waals surface area contributed by atoms with Gasteiger partial charge in [-0.3, -0.25) is 4.79 Å². The Morgan fingerprint density at radius 3 is 2.74 bits per heavy atom. The van der Waals surface area contributed by atoms with Crippen molar-refractivity contribution in [3.8, 4) is 11.5 Å². The van der Waals surface area contributed by atoms with Crippen molar-refractivity contribution in [3.63, 3.8) is 0 Å². The third-order valence-electron chi connectivity index (χ3n) is 4.64. The van der Waals surface area contributed by atoms with E-state index in [-0.39, 0.29) is 18.1 Å². The highest BCUT2D eigenvalue weighted by molar-refractivity contribution is 8.07. The topological polar surface area (TPSA) is 73.9 Å². The highest BCUT2D eigenvalue weighted by Crippen LogP contribution is 2.42. The number of esters is 1. The number of ether oxygens (including phenoxy) is 3. The van der Waals surface area contributed by atoms with Gasteiger partial charge in [0.2, 0.25) is 5.78 Å². The Bertz CT molecular complexity index is 858. The lowest BCUT2D eigenvalue weighted by molar-refractivity contribution is -0.138. The number of nitrogens with one attached hydrogen (secondary N) is 1. The zero-order chi connectivity index (χ0) is 18.8. The third-order valence-corrected chi connectivity index (χ3v) is 5.93. The second-order valence-electron chi connectivity index (χ2n) is 6.45. The molecule has 1 aromatic carbocycles. The molecular formula is C20H21NO5S. The Hall–Kier alpha value is -2.41. The van der Waals surface area contributed by atoms with Crippen LogP contribution < -0.4 is 14.8 Å². The third kappa shape index (κ3) is 3.56. The number of rotatable bonds is 4. The first kappa shape index (κ1) is 18.0. The van der Waals surface area contributed by atoms with E-state index in [0.29, 0.717) is 35.2 Å². The number of thioether (sulfide) groups is 1. The van der Waals surface area contributed by atoms with Crippen LogP contribution in [-0.4, -0.2) is 31.6 Å². The predicted octanol–water partition coefficient (Wildman–Crippen LogP) is 3.54. The van der Waals surface area contributed by atoms with Crippen LogP contribution in [0.1, 0.15) is 43.0 Å². The van der Waals surface area contributed by atoms with Crippen LogP contribution in [0.15, 0.2) is 39.4 Å². The first-order valence-corrected chi connectivity index (χ1v) is 10.0.